The zero-order valence-electron chi connectivity index (χ0n) is 14.4. The van der Waals surface area contributed by atoms with E-state index in [0.717, 1.165) is 31.4 Å². The summed E-state index contributed by atoms with van der Waals surface area (Å²) in [6, 6.07) is 9.37. The summed E-state index contributed by atoms with van der Waals surface area (Å²) in [5, 5.41) is 6.29. The van der Waals surface area contributed by atoms with Gasteiger partial charge in [-0.25, -0.2) is 4.68 Å². The number of halogens is 3. The predicted molar refractivity (Wildman–Crippen MR) is 97.5 cm³/mol. The van der Waals surface area contributed by atoms with Gasteiger partial charge in [0.1, 0.15) is 5.69 Å². The average molecular weight is 385 g/mol. The van der Waals surface area contributed by atoms with E-state index >= 15 is 0 Å². The minimum atomic E-state index is -2.74. The zero-order valence-corrected chi connectivity index (χ0v) is 15.2. The molecular weight excluding hydrogens is 362 g/mol. The van der Waals surface area contributed by atoms with E-state index in [9.17, 15) is 13.6 Å². The Balaban J connectivity index is 0.00000243. The van der Waals surface area contributed by atoms with Crippen molar-refractivity contribution in [2.24, 2.45) is 0 Å². The van der Waals surface area contributed by atoms with E-state index < -0.39 is 12.5 Å². The van der Waals surface area contributed by atoms with Crippen molar-refractivity contribution in [1.29, 1.82) is 0 Å². The van der Waals surface area contributed by atoms with Gasteiger partial charge in [0, 0.05) is 19.3 Å². The number of carbonyl (C=O) groups excluding carboxylic acids is 1. The molecule has 2 aromatic rings. The van der Waals surface area contributed by atoms with Crippen LogP contribution in [0.3, 0.4) is 0 Å². The van der Waals surface area contributed by atoms with Gasteiger partial charge in [0.25, 0.3) is 5.91 Å². The Labute approximate surface area is 157 Å². The lowest BCUT2D eigenvalue weighted by Crippen LogP contribution is -2.29. The summed E-state index contributed by atoms with van der Waals surface area (Å²) in [5.41, 5.74) is 2.19. The fourth-order valence-corrected chi connectivity index (χ4v) is 3.05. The van der Waals surface area contributed by atoms with Gasteiger partial charge >= 0.3 is 6.55 Å². The van der Waals surface area contributed by atoms with Crippen LogP contribution in [0.15, 0.2) is 36.5 Å². The number of nitrogens with one attached hydrogen (secondary N) is 1. The van der Waals surface area contributed by atoms with Crippen molar-refractivity contribution in [2.75, 3.05) is 13.1 Å². The van der Waals surface area contributed by atoms with Gasteiger partial charge in [-0.2, -0.15) is 13.9 Å². The fraction of sp³-hybridized carbons (Fsp3) is 0.444. The van der Waals surface area contributed by atoms with Crippen molar-refractivity contribution < 1.29 is 13.6 Å². The molecule has 26 heavy (non-hydrogen) atoms. The van der Waals surface area contributed by atoms with Crippen LogP contribution in [0.5, 0.6) is 0 Å². The molecule has 0 atom stereocenters. The van der Waals surface area contributed by atoms with Gasteiger partial charge in [0.05, 0.1) is 0 Å². The maximum atomic E-state index is 12.5. The lowest BCUT2D eigenvalue weighted by atomic mass is 10.1. The van der Waals surface area contributed by atoms with Gasteiger partial charge in [-0.15, -0.1) is 12.4 Å². The summed E-state index contributed by atoms with van der Waals surface area (Å²) < 4.78 is 25.5. The highest BCUT2D eigenvalue weighted by molar-refractivity contribution is 5.92. The Morgan fingerprint density at radius 2 is 1.88 bits per heavy atom. The van der Waals surface area contributed by atoms with Crippen LogP contribution in [0, 0.1) is 0 Å². The summed E-state index contributed by atoms with van der Waals surface area (Å²) in [4.78, 5) is 14.5. The molecule has 0 aliphatic carbocycles. The number of carbonyl (C=O) groups is 1. The van der Waals surface area contributed by atoms with Crippen LogP contribution in [0.2, 0.25) is 0 Å². The molecule has 1 aliphatic heterocycles. The van der Waals surface area contributed by atoms with Crippen LogP contribution in [0.4, 0.5) is 8.78 Å². The maximum absolute atomic E-state index is 12.5. The molecule has 142 valence electrons. The van der Waals surface area contributed by atoms with Gasteiger partial charge in [-0.1, -0.05) is 30.7 Å². The number of piperidine rings is 1. The van der Waals surface area contributed by atoms with Gasteiger partial charge in [-0.05, 0) is 43.1 Å². The number of amides is 1. The largest absolute Gasteiger partial charge is 0.347 e. The Hall–Kier alpha value is -1.99. The molecule has 1 aliphatic rings. The van der Waals surface area contributed by atoms with Crippen molar-refractivity contribution in [1.82, 2.24) is 20.0 Å². The minimum Gasteiger partial charge on any atom is -0.347 e. The highest BCUT2D eigenvalue weighted by atomic mass is 35.5. The highest BCUT2D eigenvalue weighted by Crippen LogP contribution is 2.14. The SMILES string of the molecule is Cl.O=C(NCc1cccc(CN2CCCCC2)c1)c1ccn(C(F)F)n1. The summed E-state index contributed by atoms with van der Waals surface area (Å²) in [5.74, 6) is -0.458. The van der Waals surface area contributed by atoms with E-state index in [4.69, 9.17) is 0 Å². The molecule has 0 spiro atoms. The molecule has 0 saturated carbocycles. The fourth-order valence-electron chi connectivity index (χ4n) is 3.05. The van der Waals surface area contributed by atoms with Gasteiger partial charge in [0.2, 0.25) is 0 Å². The number of rotatable bonds is 6. The minimum absolute atomic E-state index is 0. The molecule has 0 radical (unpaired) electrons. The van der Waals surface area contributed by atoms with Crippen LogP contribution in [0.1, 0.15) is 47.4 Å². The highest BCUT2D eigenvalue weighted by Gasteiger charge is 2.14. The monoisotopic (exact) mass is 384 g/mol. The smallest absolute Gasteiger partial charge is 0.333 e. The first kappa shape index (κ1) is 20.3. The molecule has 0 unspecified atom stereocenters. The number of likely N-dealkylation sites (tertiary alicyclic amines) is 1. The van der Waals surface area contributed by atoms with Crippen molar-refractivity contribution in [2.45, 2.75) is 38.9 Å². The number of aromatic nitrogens is 2. The van der Waals surface area contributed by atoms with E-state index in [1.54, 1.807) is 0 Å². The molecule has 1 amide bonds. The molecule has 5 nitrogen and oxygen atoms in total. The second-order valence-corrected chi connectivity index (χ2v) is 6.30. The normalized spacial score (nSPS) is 14.9. The number of hydrogen-bond acceptors (Lipinski definition) is 3. The number of nitrogens with zero attached hydrogens (tertiary/aromatic N) is 3. The molecule has 1 fully saturated rings. The van der Waals surface area contributed by atoms with Gasteiger partial charge in [0.15, 0.2) is 0 Å². The molecule has 1 aromatic heterocycles. The van der Waals surface area contributed by atoms with Crippen LogP contribution >= 0.6 is 12.4 Å². The second-order valence-electron chi connectivity index (χ2n) is 6.30. The number of benzene rings is 1. The molecule has 1 N–H and O–H groups in total. The molecular formula is C18H23ClF2N4O. The molecule has 1 aromatic carbocycles. The van der Waals surface area contributed by atoms with Crippen molar-refractivity contribution in [3.8, 4) is 0 Å². The topological polar surface area (TPSA) is 50.2 Å². The van der Waals surface area contributed by atoms with E-state index in [1.807, 2.05) is 12.1 Å². The Bertz CT molecular complexity index is 717. The van der Waals surface area contributed by atoms with E-state index in [0.29, 0.717) is 11.2 Å². The lowest BCUT2D eigenvalue weighted by molar-refractivity contribution is 0.0560. The summed E-state index contributed by atoms with van der Waals surface area (Å²) in [6.45, 7) is 0.782. The molecule has 8 heteroatoms. The predicted octanol–water partition coefficient (Wildman–Crippen LogP) is 3.62. The van der Waals surface area contributed by atoms with E-state index in [1.165, 1.54) is 30.9 Å². The Morgan fingerprint density at radius 1 is 1.15 bits per heavy atom. The molecule has 1 saturated heterocycles. The maximum Gasteiger partial charge on any atom is 0.333 e. The van der Waals surface area contributed by atoms with Gasteiger partial charge in [-0.3, -0.25) is 9.69 Å². The third-order valence-electron chi connectivity index (χ3n) is 4.34. The van der Waals surface area contributed by atoms with Crippen LogP contribution < -0.4 is 5.32 Å². The van der Waals surface area contributed by atoms with E-state index in [-0.39, 0.29) is 18.1 Å². The molecule has 2 heterocycles. The van der Waals surface area contributed by atoms with Crippen LogP contribution in [-0.2, 0) is 13.1 Å². The Kier molecular flexibility index (Phi) is 7.53. The van der Waals surface area contributed by atoms with Crippen molar-refractivity contribution in [3.63, 3.8) is 0 Å². The van der Waals surface area contributed by atoms with Crippen molar-refractivity contribution in [3.05, 3.63) is 53.3 Å². The zero-order chi connectivity index (χ0) is 17.6. The van der Waals surface area contributed by atoms with E-state index in [2.05, 4.69) is 27.4 Å². The number of hydrogen-bond donors (Lipinski definition) is 1. The number of alkyl halides is 2. The Morgan fingerprint density at radius 3 is 2.58 bits per heavy atom. The molecule has 3 rings (SSSR count). The first-order valence-electron chi connectivity index (χ1n) is 8.53. The summed E-state index contributed by atoms with van der Waals surface area (Å²) >= 11 is 0. The van der Waals surface area contributed by atoms with Crippen LogP contribution in [0.25, 0.3) is 0 Å². The van der Waals surface area contributed by atoms with Crippen LogP contribution in [-0.4, -0.2) is 33.7 Å². The second kappa shape index (κ2) is 9.64. The summed E-state index contributed by atoms with van der Waals surface area (Å²) in [7, 11) is 0. The lowest BCUT2D eigenvalue weighted by Gasteiger charge is -2.26. The van der Waals surface area contributed by atoms with Gasteiger partial charge < -0.3 is 5.32 Å². The standard InChI is InChI=1S/C18H22F2N4O.ClH/c19-18(20)24-10-7-16(22-24)17(25)21-12-14-5-4-6-15(11-14)13-23-8-2-1-3-9-23;/h4-7,10-11,18H,1-3,8-9,12-13H2,(H,21,25);1H. The summed E-state index contributed by atoms with van der Waals surface area (Å²) in [6.07, 6.45) is 4.91. The third kappa shape index (κ3) is 5.51. The third-order valence-corrected chi connectivity index (χ3v) is 4.34. The quantitative estimate of drug-likeness (QED) is 0.827. The first-order valence-corrected chi connectivity index (χ1v) is 8.53. The average Bonchev–Trinajstić information content (AvgIpc) is 3.11. The molecule has 0 bridgehead atoms. The van der Waals surface area contributed by atoms with Crippen molar-refractivity contribution >= 4 is 18.3 Å². The first-order chi connectivity index (χ1) is 12.1.